The molecular formula is C20H22N2O2. The molecule has 1 heterocycles. The molecule has 0 radical (unpaired) electrons. The molecule has 2 aromatic rings. The summed E-state index contributed by atoms with van der Waals surface area (Å²) in [5.74, 6) is 0.688. The van der Waals surface area contributed by atoms with Crippen molar-refractivity contribution in [3.63, 3.8) is 0 Å². The number of nitroso groups, excluding NO2 is 1. The summed E-state index contributed by atoms with van der Waals surface area (Å²) in [6, 6.07) is 15.6. The number of amides is 1. The van der Waals surface area contributed by atoms with E-state index in [1.807, 2.05) is 11.0 Å². The van der Waals surface area contributed by atoms with Crippen molar-refractivity contribution in [2.45, 2.75) is 26.2 Å². The Morgan fingerprint density at radius 2 is 1.83 bits per heavy atom. The number of rotatable bonds is 4. The fourth-order valence-corrected chi connectivity index (χ4v) is 3.36. The van der Waals surface area contributed by atoms with Crippen LogP contribution in [-0.4, -0.2) is 23.9 Å². The third kappa shape index (κ3) is 3.70. The van der Waals surface area contributed by atoms with Gasteiger partial charge in [-0.3, -0.25) is 4.79 Å². The average molecular weight is 322 g/mol. The Morgan fingerprint density at radius 1 is 1.12 bits per heavy atom. The van der Waals surface area contributed by atoms with Crippen LogP contribution in [0.1, 0.15) is 34.3 Å². The van der Waals surface area contributed by atoms with E-state index in [1.54, 1.807) is 25.1 Å². The van der Waals surface area contributed by atoms with E-state index < -0.39 is 0 Å². The molecule has 1 aliphatic heterocycles. The van der Waals surface area contributed by atoms with Crippen molar-refractivity contribution < 1.29 is 4.79 Å². The van der Waals surface area contributed by atoms with Crippen LogP contribution in [0.15, 0.2) is 53.7 Å². The Labute approximate surface area is 142 Å². The highest BCUT2D eigenvalue weighted by Crippen LogP contribution is 2.24. The molecule has 0 aliphatic carbocycles. The molecule has 0 atom stereocenters. The van der Waals surface area contributed by atoms with E-state index in [4.69, 9.17) is 0 Å². The minimum Gasteiger partial charge on any atom is -0.339 e. The first-order chi connectivity index (χ1) is 11.7. The molecule has 4 nitrogen and oxygen atoms in total. The number of nitrogens with zero attached hydrogens (tertiary/aromatic N) is 2. The van der Waals surface area contributed by atoms with Gasteiger partial charge in [0.2, 0.25) is 0 Å². The molecule has 0 unspecified atom stereocenters. The zero-order chi connectivity index (χ0) is 16.9. The van der Waals surface area contributed by atoms with Gasteiger partial charge in [0, 0.05) is 18.7 Å². The Bertz CT molecular complexity index is 720. The van der Waals surface area contributed by atoms with Crippen LogP contribution in [-0.2, 0) is 6.42 Å². The summed E-state index contributed by atoms with van der Waals surface area (Å²) in [7, 11) is 0. The number of hydrogen-bond donors (Lipinski definition) is 0. The number of benzene rings is 2. The minimum absolute atomic E-state index is 0.0497. The third-order valence-corrected chi connectivity index (χ3v) is 4.81. The van der Waals surface area contributed by atoms with Gasteiger partial charge in [0.15, 0.2) is 0 Å². The monoisotopic (exact) mass is 322 g/mol. The molecule has 0 N–H and O–H groups in total. The van der Waals surface area contributed by atoms with Crippen LogP contribution in [0, 0.1) is 17.7 Å². The maximum Gasteiger partial charge on any atom is 0.253 e. The summed E-state index contributed by atoms with van der Waals surface area (Å²) in [6.07, 6.45) is 3.16. The molecule has 4 heteroatoms. The number of carbonyl (C=O) groups excluding carboxylic acids is 1. The molecule has 0 bridgehead atoms. The van der Waals surface area contributed by atoms with Crippen molar-refractivity contribution in [3.05, 3.63) is 70.1 Å². The predicted octanol–water partition coefficient (Wildman–Crippen LogP) is 4.49. The van der Waals surface area contributed by atoms with E-state index in [0.717, 1.165) is 37.9 Å². The maximum absolute atomic E-state index is 12.6. The molecular weight excluding hydrogens is 300 g/mol. The third-order valence-electron chi connectivity index (χ3n) is 4.81. The van der Waals surface area contributed by atoms with E-state index >= 15 is 0 Å². The van der Waals surface area contributed by atoms with Crippen molar-refractivity contribution in [2.75, 3.05) is 13.1 Å². The highest BCUT2D eigenvalue weighted by molar-refractivity contribution is 5.94. The summed E-state index contributed by atoms with van der Waals surface area (Å²) in [6.45, 7) is 3.39. The highest BCUT2D eigenvalue weighted by Gasteiger charge is 2.24. The highest BCUT2D eigenvalue weighted by atomic mass is 16.3. The molecule has 0 aromatic heterocycles. The average Bonchev–Trinajstić information content (AvgIpc) is 2.62. The van der Waals surface area contributed by atoms with Crippen molar-refractivity contribution in [3.8, 4) is 0 Å². The zero-order valence-corrected chi connectivity index (χ0v) is 13.9. The lowest BCUT2D eigenvalue weighted by atomic mass is 9.90. The Morgan fingerprint density at radius 3 is 2.46 bits per heavy atom. The molecule has 0 saturated carbocycles. The van der Waals surface area contributed by atoms with Crippen LogP contribution in [0.2, 0.25) is 0 Å². The van der Waals surface area contributed by atoms with Crippen molar-refractivity contribution in [2.24, 2.45) is 11.1 Å². The molecule has 2 aromatic carbocycles. The zero-order valence-electron chi connectivity index (χ0n) is 13.9. The Kier molecular flexibility index (Phi) is 5.04. The Balaban J connectivity index is 1.59. The van der Waals surface area contributed by atoms with Gasteiger partial charge in [-0.15, -0.1) is 4.91 Å². The van der Waals surface area contributed by atoms with Gasteiger partial charge < -0.3 is 4.90 Å². The standard InChI is InChI=1S/C20H22N2O2/c1-15-13-18(7-8-19(15)21-24)20(23)22-11-9-17(10-12-22)14-16-5-3-2-4-6-16/h2-8,13,17H,9-12,14H2,1H3. The second kappa shape index (κ2) is 7.39. The van der Waals surface area contributed by atoms with Gasteiger partial charge in [0.1, 0.15) is 5.69 Å². The second-order valence-corrected chi connectivity index (χ2v) is 6.52. The van der Waals surface area contributed by atoms with Gasteiger partial charge in [0.05, 0.1) is 0 Å². The fraction of sp³-hybridized carbons (Fsp3) is 0.350. The van der Waals surface area contributed by atoms with Crippen LogP contribution in [0.5, 0.6) is 0 Å². The van der Waals surface area contributed by atoms with Crippen molar-refractivity contribution in [1.82, 2.24) is 4.90 Å². The van der Waals surface area contributed by atoms with Gasteiger partial charge in [-0.2, -0.15) is 0 Å². The molecule has 1 amide bonds. The molecule has 124 valence electrons. The lowest BCUT2D eigenvalue weighted by Crippen LogP contribution is -2.38. The smallest absolute Gasteiger partial charge is 0.253 e. The summed E-state index contributed by atoms with van der Waals surface area (Å²) in [5, 5.41) is 2.96. The predicted molar refractivity (Wildman–Crippen MR) is 95.4 cm³/mol. The molecule has 1 fully saturated rings. The van der Waals surface area contributed by atoms with Crippen LogP contribution < -0.4 is 0 Å². The van der Waals surface area contributed by atoms with Crippen LogP contribution in [0.3, 0.4) is 0 Å². The first-order valence-electron chi connectivity index (χ1n) is 8.44. The number of aryl methyl sites for hydroxylation is 1. The summed E-state index contributed by atoms with van der Waals surface area (Å²) >= 11 is 0. The summed E-state index contributed by atoms with van der Waals surface area (Å²) in [5.41, 5.74) is 3.15. The summed E-state index contributed by atoms with van der Waals surface area (Å²) in [4.78, 5) is 25.2. The van der Waals surface area contributed by atoms with Crippen LogP contribution in [0.25, 0.3) is 0 Å². The van der Waals surface area contributed by atoms with Crippen LogP contribution >= 0.6 is 0 Å². The SMILES string of the molecule is Cc1cc(C(=O)N2CCC(Cc3ccccc3)CC2)ccc1N=O. The topological polar surface area (TPSA) is 49.7 Å². The fourth-order valence-electron chi connectivity index (χ4n) is 3.36. The minimum atomic E-state index is 0.0497. The van der Waals surface area contributed by atoms with Gasteiger partial charge in [-0.05, 0) is 66.6 Å². The number of piperidine rings is 1. The molecule has 24 heavy (non-hydrogen) atoms. The largest absolute Gasteiger partial charge is 0.339 e. The number of hydrogen-bond acceptors (Lipinski definition) is 3. The maximum atomic E-state index is 12.6. The van der Waals surface area contributed by atoms with E-state index in [0.29, 0.717) is 17.2 Å². The van der Waals surface area contributed by atoms with Crippen molar-refractivity contribution in [1.29, 1.82) is 0 Å². The first-order valence-corrected chi connectivity index (χ1v) is 8.44. The molecule has 3 rings (SSSR count). The van der Waals surface area contributed by atoms with E-state index in [1.165, 1.54) is 5.56 Å². The van der Waals surface area contributed by atoms with Crippen molar-refractivity contribution >= 4 is 11.6 Å². The Hall–Kier alpha value is -2.49. The van der Waals surface area contributed by atoms with E-state index in [2.05, 4.69) is 29.4 Å². The molecule has 0 spiro atoms. The quantitative estimate of drug-likeness (QED) is 0.779. The normalized spacial score (nSPS) is 15.3. The lowest BCUT2D eigenvalue weighted by Gasteiger charge is -2.32. The van der Waals surface area contributed by atoms with Crippen LogP contribution in [0.4, 0.5) is 5.69 Å². The van der Waals surface area contributed by atoms with Gasteiger partial charge >= 0.3 is 0 Å². The summed E-state index contributed by atoms with van der Waals surface area (Å²) < 4.78 is 0. The first kappa shape index (κ1) is 16.4. The van der Waals surface area contributed by atoms with E-state index in [-0.39, 0.29) is 5.91 Å². The molecule has 1 aliphatic rings. The van der Waals surface area contributed by atoms with Gasteiger partial charge in [-0.25, -0.2) is 0 Å². The van der Waals surface area contributed by atoms with Gasteiger partial charge in [0.25, 0.3) is 5.91 Å². The number of carbonyl (C=O) groups is 1. The number of likely N-dealkylation sites (tertiary alicyclic amines) is 1. The molecule has 1 saturated heterocycles. The van der Waals surface area contributed by atoms with E-state index in [9.17, 15) is 9.70 Å². The van der Waals surface area contributed by atoms with Gasteiger partial charge in [-0.1, -0.05) is 30.3 Å². The lowest BCUT2D eigenvalue weighted by molar-refractivity contribution is 0.0690. The second-order valence-electron chi connectivity index (χ2n) is 6.52.